The van der Waals surface area contributed by atoms with Crippen molar-refractivity contribution >= 4 is 22.7 Å². The molecule has 0 radical (unpaired) electrons. The fraction of sp³-hybridized carbons (Fsp3) is 0.200. The molecule has 0 bridgehead atoms. The lowest BCUT2D eigenvalue weighted by Crippen LogP contribution is -1.99. The van der Waals surface area contributed by atoms with Crippen molar-refractivity contribution in [2.75, 3.05) is 5.32 Å². The first-order chi connectivity index (χ1) is 15.5. The van der Waals surface area contributed by atoms with Gasteiger partial charge in [0.2, 0.25) is 0 Å². The summed E-state index contributed by atoms with van der Waals surface area (Å²) < 4.78 is 3.95. The highest BCUT2D eigenvalue weighted by Crippen LogP contribution is 2.32. The van der Waals surface area contributed by atoms with E-state index in [-0.39, 0.29) is 0 Å². The summed E-state index contributed by atoms with van der Waals surface area (Å²) >= 11 is 0. The molecule has 0 aliphatic heterocycles. The Morgan fingerprint density at radius 2 is 1.81 bits per heavy atom. The molecule has 1 N–H and O–H groups in total. The van der Waals surface area contributed by atoms with Gasteiger partial charge in [-0.2, -0.15) is 5.10 Å². The van der Waals surface area contributed by atoms with E-state index >= 15 is 0 Å². The van der Waals surface area contributed by atoms with Crippen LogP contribution in [-0.4, -0.2) is 29.3 Å². The highest BCUT2D eigenvalue weighted by molar-refractivity contribution is 5.86. The third-order valence-electron chi connectivity index (χ3n) is 5.67. The van der Waals surface area contributed by atoms with Crippen molar-refractivity contribution in [3.8, 4) is 22.4 Å². The number of anilines is 2. The second-order valence-electron chi connectivity index (χ2n) is 8.28. The molecule has 160 valence electrons. The topological polar surface area (TPSA) is 73.5 Å². The van der Waals surface area contributed by atoms with Crippen LogP contribution in [0.2, 0.25) is 0 Å². The van der Waals surface area contributed by atoms with Gasteiger partial charge in [-0.25, -0.2) is 4.98 Å². The number of rotatable bonds is 5. The summed E-state index contributed by atoms with van der Waals surface area (Å²) in [4.78, 5) is 13.7. The normalized spacial score (nSPS) is 11.4. The number of aromatic nitrogens is 6. The van der Waals surface area contributed by atoms with Gasteiger partial charge < -0.3 is 9.88 Å². The van der Waals surface area contributed by atoms with Crippen LogP contribution < -0.4 is 5.32 Å². The van der Waals surface area contributed by atoms with Crippen molar-refractivity contribution in [2.24, 2.45) is 14.1 Å². The Morgan fingerprint density at radius 3 is 2.56 bits per heavy atom. The Balaban J connectivity index is 1.53. The smallest absolute Gasteiger partial charge is 0.132 e. The number of fused-ring (bicyclic) bond motifs is 1. The molecule has 0 unspecified atom stereocenters. The van der Waals surface area contributed by atoms with Gasteiger partial charge in [0.05, 0.1) is 22.9 Å². The van der Waals surface area contributed by atoms with Crippen molar-refractivity contribution in [1.29, 1.82) is 0 Å². The largest absolute Gasteiger partial charge is 0.337 e. The van der Waals surface area contributed by atoms with Gasteiger partial charge in [-0.1, -0.05) is 13.8 Å². The molecule has 0 fully saturated rings. The summed E-state index contributed by atoms with van der Waals surface area (Å²) in [6.45, 7) is 4.39. The summed E-state index contributed by atoms with van der Waals surface area (Å²) in [7, 11) is 3.98. The zero-order chi connectivity index (χ0) is 22.2. The molecule has 0 aliphatic rings. The van der Waals surface area contributed by atoms with E-state index in [1.54, 1.807) is 6.20 Å². The lowest BCUT2D eigenvalue weighted by atomic mass is 10.0. The molecule has 32 heavy (non-hydrogen) atoms. The molecule has 0 saturated heterocycles. The summed E-state index contributed by atoms with van der Waals surface area (Å²) in [5, 5.41) is 7.91. The van der Waals surface area contributed by atoms with E-state index in [2.05, 4.69) is 57.1 Å². The third-order valence-corrected chi connectivity index (χ3v) is 5.67. The van der Waals surface area contributed by atoms with Crippen molar-refractivity contribution in [3.05, 3.63) is 72.9 Å². The van der Waals surface area contributed by atoms with Crippen LogP contribution in [0, 0.1) is 0 Å². The Morgan fingerprint density at radius 1 is 0.938 bits per heavy atom. The van der Waals surface area contributed by atoms with E-state index in [9.17, 15) is 0 Å². The van der Waals surface area contributed by atoms with Crippen LogP contribution in [0.5, 0.6) is 0 Å². The third kappa shape index (κ3) is 3.62. The molecule has 5 heterocycles. The first-order valence-corrected chi connectivity index (χ1v) is 10.6. The molecule has 0 aromatic carbocycles. The Hall–Kier alpha value is -4.00. The van der Waals surface area contributed by atoms with Crippen molar-refractivity contribution in [1.82, 2.24) is 29.3 Å². The maximum Gasteiger partial charge on any atom is 0.132 e. The minimum atomic E-state index is 0.474. The number of pyridine rings is 3. The molecule has 5 rings (SSSR count). The van der Waals surface area contributed by atoms with Gasteiger partial charge in [0.15, 0.2) is 0 Å². The molecule has 0 aliphatic carbocycles. The quantitative estimate of drug-likeness (QED) is 0.415. The van der Waals surface area contributed by atoms with Crippen LogP contribution in [0.25, 0.3) is 33.4 Å². The number of aryl methyl sites for hydroxylation is 2. The number of hydrogen-bond donors (Lipinski definition) is 1. The maximum atomic E-state index is 4.83. The first-order valence-electron chi connectivity index (χ1n) is 10.6. The van der Waals surface area contributed by atoms with Gasteiger partial charge in [-0.15, -0.1) is 0 Å². The Bertz CT molecular complexity index is 1400. The van der Waals surface area contributed by atoms with Crippen LogP contribution in [0.3, 0.4) is 0 Å². The molecule has 5 aromatic heterocycles. The van der Waals surface area contributed by atoms with E-state index < -0.39 is 0 Å². The lowest BCUT2D eigenvalue weighted by molar-refractivity contribution is 0.775. The van der Waals surface area contributed by atoms with E-state index in [1.807, 2.05) is 61.6 Å². The Kier molecular flexibility index (Phi) is 4.93. The van der Waals surface area contributed by atoms with Crippen molar-refractivity contribution < 1.29 is 0 Å². The SMILES string of the molecule is CC(C)c1cc(Nc2ccc3ncc(-c4cnn(C)c4-c4cccnc4)cc3n2)n(C)c1. The second kappa shape index (κ2) is 7.92. The minimum absolute atomic E-state index is 0.474. The minimum Gasteiger partial charge on any atom is -0.337 e. The molecule has 7 heteroatoms. The molecule has 0 atom stereocenters. The zero-order valence-electron chi connectivity index (χ0n) is 18.6. The standard InChI is InChI=1S/C25H25N7/c1-16(2)19-11-24(31(3)15-19)30-23-8-7-21-22(29-23)10-18(13-27-21)20-14-28-32(4)25(20)17-6-5-9-26-12-17/h5-16H,1-4H3,(H,29,30). The summed E-state index contributed by atoms with van der Waals surface area (Å²) in [5.74, 6) is 2.27. The summed E-state index contributed by atoms with van der Waals surface area (Å²) in [6, 6.07) is 12.1. The van der Waals surface area contributed by atoms with Crippen molar-refractivity contribution in [2.45, 2.75) is 19.8 Å². The zero-order valence-corrected chi connectivity index (χ0v) is 18.6. The molecule has 0 spiro atoms. The molecular weight excluding hydrogens is 398 g/mol. The average molecular weight is 424 g/mol. The molecular formula is C25H25N7. The molecule has 7 nitrogen and oxygen atoms in total. The van der Waals surface area contributed by atoms with Crippen LogP contribution >= 0.6 is 0 Å². The first kappa shape index (κ1) is 19.9. The van der Waals surface area contributed by atoms with Gasteiger partial charge in [-0.3, -0.25) is 14.6 Å². The van der Waals surface area contributed by atoms with Gasteiger partial charge in [-0.05, 0) is 47.9 Å². The average Bonchev–Trinajstić information content (AvgIpc) is 3.36. The Labute approximate surface area is 186 Å². The van der Waals surface area contributed by atoms with Gasteiger partial charge in [0.25, 0.3) is 0 Å². The highest BCUT2D eigenvalue weighted by Gasteiger charge is 2.14. The van der Waals surface area contributed by atoms with E-state index in [0.29, 0.717) is 5.92 Å². The van der Waals surface area contributed by atoms with Crippen LogP contribution in [0.1, 0.15) is 25.3 Å². The predicted molar refractivity (Wildman–Crippen MR) is 128 cm³/mol. The predicted octanol–water partition coefficient (Wildman–Crippen LogP) is 5.30. The highest BCUT2D eigenvalue weighted by atomic mass is 15.3. The monoisotopic (exact) mass is 423 g/mol. The molecule has 0 saturated carbocycles. The van der Waals surface area contributed by atoms with Crippen molar-refractivity contribution in [3.63, 3.8) is 0 Å². The van der Waals surface area contributed by atoms with E-state index in [4.69, 9.17) is 4.98 Å². The number of nitrogens with one attached hydrogen (secondary N) is 1. The molecule has 0 amide bonds. The van der Waals surface area contributed by atoms with E-state index in [0.717, 1.165) is 45.1 Å². The van der Waals surface area contributed by atoms with Crippen LogP contribution in [-0.2, 0) is 14.1 Å². The maximum absolute atomic E-state index is 4.83. The van der Waals surface area contributed by atoms with Gasteiger partial charge in [0, 0.05) is 55.6 Å². The number of nitrogens with zero attached hydrogens (tertiary/aromatic N) is 6. The summed E-state index contributed by atoms with van der Waals surface area (Å²) in [6.07, 6.45) is 9.51. The summed E-state index contributed by atoms with van der Waals surface area (Å²) in [5.41, 5.74) is 6.94. The lowest BCUT2D eigenvalue weighted by Gasteiger charge is -2.09. The number of hydrogen-bond acceptors (Lipinski definition) is 5. The van der Waals surface area contributed by atoms with Crippen LogP contribution in [0.4, 0.5) is 11.6 Å². The van der Waals surface area contributed by atoms with Crippen LogP contribution in [0.15, 0.2) is 67.4 Å². The second-order valence-corrected chi connectivity index (χ2v) is 8.28. The fourth-order valence-corrected chi connectivity index (χ4v) is 3.88. The molecule has 5 aromatic rings. The fourth-order valence-electron chi connectivity index (χ4n) is 3.88. The van der Waals surface area contributed by atoms with Gasteiger partial charge in [0.1, 0.15) is 11.6 Å². The van der Waals surface area contributed by atoms with E-state index in [1.165, 1.54) is 5.56 Å². The van der Waals surface area contributed by atoms with Gasteiger partial charge >= 0.3 is 0 Å².